The number of aryl methyl sites for hydroxylation is 2. The van der Waals surface area contributed by atoms with Crippen molar-refractivity contribution in [2.45, 2.75) is 45.2 Å². The average molecular weight is 326 g/mol. The number of amides is 1. The lowest BCUT2D eigenvalue weighted by Crippen LogP contribution is -2.42. The predicted octanol–water partition coefficient (Wildman–Crippen LogP) is -0.0481. The van der Waals surface area contributed by atoms with Crippen molar-refractivity contribution in [1.82, 2.24) is 39.7 Å². The summed E-state index contributed by atoms with van der Waals surface area (Å²) in [4.78, 5) is 20.7. The molecular formula is C15H18N8O. The van der Waals surface area contributed by atoms with Crippen LogP contribution in [0.4, 0.5) is 0 Å². The van der Waals surface area contributed by atoms with Crippen molar-refractivity contribution in [3.63, 3.8) is 0 Å². The fourth-order valence-electron chi connectivity index (χ4n) is 3.04. The van der Waals surface area contributed by atoms with Gasteiger partial charge in [-0.15, -0.1) is 15.3 Å². The standard InChI is InChI=1S/C15H18N8O/c1-2-12-19-20-13-5-4-10(9-22(12)13)17-14(24)8-11-18-15-16-6-3-7-23(15)21-11/h3,6-7,10H,2,4-5,8-9H2,1H3,(H,17,24). The fraction of sp³-hybridized carbons (Fsp3) is 0.467. The molecule has 4 heterocycles. The van der Waals surface area contributed by atoms with Crippen molar-refractivity contribution in [2.75, 3.05) is 0 Å². The van der Waals surface area contributed by atoms with Crippen LogP contribution in [0.1, 0.15) is 30.8 Å². The van der Waals surface area contributed by atoms with Gasteiger partial charge >= 0.3 is 0 Å². The van der Waals surface area contributed by atoms with Crippen molar-refractivity contribution in [2.24, 2.45) is 0 Å². The first-order chi connectivity index (χ1) is 11.7. The predicted molar refractivity (Wildman–Crippen MR) is 84.1 cm³/mol. The molecule has 0 spiro atoms. The van der Waals surface area contributed by atoms with E-state index >= 15 is 0 Å². The molecule has 9 heteroatoms. The second-order valence-electron chi connectivity index (χ2n) is 5.87. The Morgan fingerprint density at radius 1 is 1.42 bits per heavy atom. The van der Waals surface area contributed by atoms with Crippen LogP contribution in [0.15, 0.2) is 18.5 Å². The molecule has 1 N–H and O–H groups in total. The van der Waals surface area contributed by atoms with Crippen molar-refractivity contribution in [3.8, 4) is 0 Å². The average Bonchev–Trinajstić information content (AvgIpc) is 3.17. The van der Waals surface area contributed by atoms with Gasteiger partial charge in [0.1, 0.15) is 11.6 Å². The Kier molecular flexibility index (Phi) is 3.68. The van der Waals surface area contributed by atoms with Crippen LogP contribution in [0.5, 0.6) is 0 Å². The Bertz CT molecular complexity index is 836. The van der Waals surface area contributed by atoms with Gasteiger partial charge in [-0.3, -0.25) is 4.79 Å². The summed E-state index contributed by atoms with van der Waals surface area (Å²) < 4.78 is 3.68. The zero-order chi connectivity index (χ0) is 16.5. The van der Waals surface area contributed by atoms with Crippen LogP contribution in [-0.4, -0.2) is 46.3 Å². The molecule has 3 aromatic heterocycles. The summed E-state index contributed by atoms with van der Waals surface area (Å²) in [6.07, 6.45) is 6.10. The summed E-state index contributed by atoms with van der Waals surface area (Å²) in [5.74, 6) is 2.87. The first kappa shape index (κ1) is 14.7. The molecule has 0 saturated heterocycles. The normalized spacial score (nSPS) is 17.0. The van der Waals surface area contributed by atoms with Gasteiger partial charge in [0.2, 0.25) is 5.91 Å². The van der Waals surface area contributed by atoms with Crippen LogP contribution in [-0.2, 0) is 30.6 Å². The molecular weight excluding hydrogens is 308 g/mol. The topological polar surface area (TPSA) is 103 Å². The number of rotatable bonds is 4. The molecule has 1 amide bonds. The quantitative estimate of drug-likeness (QED) is 0.721. The molecule has 124 valence electrons. The SMILES string of the molecule is CCc1nnc2n1CC(NC(=O)Cc1nc3ncccn3n1)CC2. The third-order valence-corrected chi connectivity index (χ3v) is 4.18. The molecule has 3 aromatic rings. The highest BCUT2D eigenvalue weighted by atomic mass is 16.1. The number of aromatic nitrogens is 7. The molecule has 9 nitrogen and oxygen atoms in total. The van der Waals surface area contributed by atoms with E-state index in [1.807, 2.05) is 0 Å². The Hall–Kier alpha value is -2.84. The van der Waals surface area contributed by atoms with Gasteiger partial charge in [0.15, 0.2) is 5.82 Å². The van der Waals surface area contributed by atoms with E-state index < -0.39 is 0 Å². The minimum absolute atomic E-state index is 0.0783. The monoisotopic (exact) mass is 326 g/mol. The van der Waals surface area contributed by atoms with Gasteiger partial charge in [-0.2, -0.15) is 4.98 Å². The van der Waals surface area contributed by atoms with Crippen LogP contribution in [0.3, 0.4) is 0 Å². The first-order valence-electron chi connectivity index (χ1n) is 8.09. The highest BCUT2D eigenvalue weighted by Crippen LogP contribution is 2.15. The van der Waals surface area contributed by atoms with Gasteiger partial charge in [0, 0.05) is 37.8 Å². The van der Waals surface area contributed by atoms with Crippen LogP contribution in [0.2, 0.25) is 0 Å². The maximum atomic E-state index is 12.3. The third kappa shape index (κ3) is 2.72. The number of carbonyl (C=O) groups excluding carboxylic acids is 1. The second kappa shape index (κ2) is 5.99. The van der Waals surface area contributed by atoms with E-state index in [0.29, 0.717) is 11.6 Å². The smallest absolute Gasteiger partial charge is 0.252 e. The zero-order valence-electron chi connectivity index (χ0n) is 13.4. The number of nitrogens with one attached hydrogen (secondary N) is 1. The van der Waals surface area contributed by atoms with Crippen LogP contribution < -0.4 is 5.32 Å². The van der Waals surface area contributed by atoms with E-state index in [0.717, 1.165) is 37.5 Å². The maximum Gasteiger partial charge on any atom is 0.252 e. The molecule has 0 fully saturated rings. The summed E-state index contributed by atoms with van der Waals surface area (Å²) in [5, 5.41) is 15.7. The highest BCUT2D eigenvalue weighted by Gasteiger charge is 2.23. The molecule has 1 aliphatic rings. The first-order valence-corrected chi connectivity index (χ1v) is 8.09. The van der Waals surface area contributed by atoms with E-state index in [4.69, 9.17) is 0 Å². The maximum absolute atomic E-state index is 12.3. The van der Waals surface area contributed by atoms with Crippen molar-refractivity contribution >= 4 is 11.7 Å². The Balaban J connectivity index is 1.41. The van der Waals surface area contributed by atoms with Crippen LogP contribution in [0.25, 0.3) is 5.78 Å². The Morgan fingerprint density at radius 2 is 2.33 bits per heavy atom. The largest absolute Gasteiger partial charge is 0.351 e. The number of hydrogen-bond donors (Lipinski definition) is 1. The van der Waals surface area contributed by atoms with Crippen molar-refractivity contribution in [3.05, 3.63) is 35.9 Å². The molecule has 0 bridgehead atoms. The van der Waals surface area contributed by atoms with Gasteiger partial charge in [0.05, 0.1) is 6.42 Å². The minimum Gasteiger partial charge on any atom is -0.351 e. The lowest BCUT2D eigenvalue weighted by molar-refractivity contribution is -0.121. The molecule has 0 aromatic carbocycles. The lowest BCUT2D eigenvalue weighted by Gasteiger charge is -2.25. The van der Waals surface area contributed by atoms with Crippen LogP contribution in [0, 0.1) is 0 Å². The van der Waals surface area contributed by atoms with Crippen LogP contribution >= 0.6 is 0 Å². The van der Waals surface area contributed by atoms with Gasteiger partial charge in [-0.05, 0) is 12.5 Å². The summed E-state index contributed by atoms with van der Waals surface area (Å²) in [5.41, 5.74) is 0. The van der Waals surface area contributed by atoms with E-state index in [2.05, 4.69) is 42.1 Å². The molecule has 4 rings (SSSR count). The van der Waals surface area contributed by atoms with Crippen molar-refractivity contribution < 1.29 is 4.79 Å². The van der Waals surface area contributed by atoms with E-state index in [1.165, 1.54) is 0 Å². The fourth-order valence-corrected chi connectivity index (χ4v) is 3.04. The molecule has 0 saturated carbocycles. The minimum atomic E-state index is -0.0783. The summed E-state index contributed by atoms with van der Waals surface area (Å²) >= 11 is 0. The number of fused-ring (bicyclic) bond motifs is 2. The van der Waals surface area contributed by atoms with Gasteiger partial charge in [0.25, 0.3) is 5.78 Å². The van der Waals surface area contributed by atoms with Gasteiger partial charge in [-0.25, -0.2) is 9.50 Å². The Morgan fingerprint density at radius 3 is 3.17 bits per heavy atom. The molecule has 1 aliphatic heterocycles. The summed E-state index contributed by atoms with van der Waals surface area (Å²) in [6.45, 7) is 2.78. The van der Waals surface area contributed by atoms with Gasteiger partial charge in [-0.1, -0.05) is 6.92 Å². The number of carbonyl (C=O) groups is 1. The number of hydrogen-bond acceptors (Lipinski definition) is 6. The Labute approximate surface area is 138 Å². The third-order valence-electron chi connectivity index (χ3n) is 4.18. The molecule has 1 atom stereocenters. The lowest BCUT2D eigenvalue weighted by atomic mass is 10.1. The molecule has 0 radical (unpaired) electrons. The highest BCUT2D eigenvalue weighted by molar-refractivity contribution is 5.78. The van der Waals surface area contributed by atoms with E-state index in [-0.39, 0.29) is 18.4 Å². The number of nitrogens with zero attached hydrogens (tertiary/aromatic N) is 7. The van der Waals surface area contributed by atoms with Gasteiger partial charge < -0.3 is 9.88 Å². The molecule has 0 aliphatic carbocycles. The zero-order valence-corrected chi connectivity index (χ0v) is 13.4. The van der Waals surface area contributed by atoms with Crippen molar-refractivity contribution in [1.29, 1.82) is 0 Å². The summed E-state index contributed by atoms with van der Waals surface area (Å²) in [7, 11) is 0. The molecule has 1 unspecified atom stereocenters. The summed E-state index contributed by atoms with van der Waals surface area (Å²) in [6, 6.07) is 1.86. The van der Waals surface area contributed by atoms with E-state index in [1.54, 1.807) is 23.0 Å². The second-order valence-corrected chi connectivity index (χ2v) is 5.87. The molecule has 24 heavy (non-hydrogen) atoms. The van der Waals surface area contributed by atoms with E-state index in [9.17, 15) is 4.79 Å².